The topological polar surface area (TPSA) is 52.7 Å². The summed E-state index contributed by atoms with van der Waals surface area (Å²) in [6, 6.07) is 9.80. The van der Waals surface area contributed by atoms with Crippen LogP contribution in [0.3, 0.4) is 0 Å². The van der Waals surface area contributed by atoms with E-state index in [-0.39, 0.29) is 11.9 Å². The number of hydrogen-bond acceptors (Lipinski definition) is 2. The average molecular weight is 303 g/mol. The smallest absolute Gasteiger partial charge is 0.317 e. The zero-order valence-electron chi connectivity index (χ0n) is 13.4. The third kappa shape index (κ3) is 4.76. The summed E-state index contributed by atoms with van der Waals surface area (Å²) in [6.45, 7) is 7.09. The van der Waals surface area contributed by atoms with Gasteiger partial charge in [-0.25, -0.2) is 4.79 Å². The second-order valence-electron chi connectivity index (χ2n) is 6.11. The van der Waals surface area contributed by atoms with E-state index in [1.54, 1.807) is 4.90 Å². The number of nitrogens with one attached hydrogen (secondary N) is 1. The molecule has 5 heteroatoms. The maximum Gasteiger partial charge on any atom is 0.317 e. The molecule has 0 bridgehead atoms. The highest BCUT2D eigenvalue weighted by Crippen LogP contribution is 2.08. The van der Waals surface area contributed by atoms with Crippen molar-refractivity contribution in [2.75, 3.05) is 26.2 Å². The van der Waals surface area contributed by atoms with Crippen LogP contribution >= 0.6 is 0 Å². The largest absolute Gasteiger partial charge is 0.339 e. The minimum Gasteiger partial charge on any atom is -0.339 e. The number of amides is 3. The van der Waals surface area contributed by atoms with Crippen LogP contribution in [0.2, 0.25) is 0 Å². The first-order chi connectivity index (χ1) is 10.6. The minimum atomic E-state index is -0.0557. The summed E-state index contributed by atoms with van der Waals surface area (Å²) in [7, 11) is 0. The number of piperazine rings is 1. The molecule has 1 aromatic rings. The molecule has 1 N–H and O–H groups in total. The Morgan fingerprint density at radius 2 is 1.64 bits per heavy atom. The predicted octanol–water partition coefficient (Wildman–Crippen LogP) is 2.09. The van der Waals surface area contributed by atoms with E-state index in [2.05, 4.69) is 5.32 Å². The van der Waals surface area contributed by atoms with Gasteiger partial charge in [-0.15, -0.1) is 0 Å². The van der Waals surface area contributed by atoms with Crippen LogP contribution in [0.1, 0.15) is 25.8 Å². The van der Waals surface area contributed by atoms with Crippen LogP contribution in [0.15, 0.2) is 30.3 Å². The van der Waals surface area contributed by atoms with E-state index >= 15 is 0 Å². The van der Waals surface area contributed by atoms with Gasteiger partial charge < -0.3 is 15.1 Å². The molecule has 5 nitrogen and oxygen atoms in total. The Bertz CT molecular complexity index is 494. The number of hydrogen-bond donors (Lipinski definition) is 1. The van der Waals surface area contributed by atoms with Crippen molar-refractivity contribution in [1.82, 2.24) is 15.1 Å². The summed E-state index contributed by atoms with van der Waals surface area (Å²) < 4.78 is 0. The number of urea groups is 1. The average Bonchev–Trinajstić information content (AvgIpc) is 2.53. The summed E-state index contributed by atoms with van der Waals surface area (Å²) in [6.07, 6.45) is 0.584. The van der Waals surface area contributed by atoms with E-state index in [0.29, 0.717) is 45.1 Å². The van der Waals surface area contributed by atoms with Crippen LogP contribution in [0.4, 0.5) is 4.79 Å². The molecule has 0 spiro atoms. The third-order valence-corrected chi connectivity index (χ3v) is 3.79. The molecule has 0 aromatic heterocycles. The summed E-state index contributed by atoms with van der Waals surface area (Å²) in [5.74, 6) is 0.569. The maximum absolute atomic E-state index is 12.1. The second-order valence-corrected chi connectivity index (χ2v) is 6.11. The summed E-state index contributed by atoms with van der Waals surface area (Å²) in [4.78, 5) is 27.8. The zero-order valence-corrected chi connectivity index (χ0v) is 13.4. The molecule has 1 aliphatic rings. The standard InChI is InChI=1S/C17H25N3O2/c1-14(2)12-16(21)19-8-10-20(11-9-19)17(22)18-13-15-6-4-3-5-7-15/h3-7,14H,8-13H2,1-2H3,(H,18,22). The summed E-state index contributed by atoms with van der Waals surface area (Å²) in [5, 5.41) is 2.93. The van der Waals surface area contributed by atoms with Gasteiger partial charge in [0.15, 0.2) is 0 Å². The van der Waals surface area contributed by atoms with Gasteiger partial charge in [-0.3, -0.25) is 4.79 Å². The fourth-order valence-electron chi connectivity index (χ4n) is 2.52. The molecule has 120 valence electrons. The fraction of sp³-hybridized carbons (Fsp3) is 0.529. The van der Waals surface area contributed by atoms with Crippen molar-refractivity contribution in [3.05, 3.63) is 35.9 Å². The Morgan fingerprint density at radius 1 is 1.05 bits per heavy atom. The quantitative estimate of drug-likeness (QED) is 0.926. The molecule has 0 atom stereocenters. The van der Waals surface area contributed by atoms with Crippen molar-refractivity contribution in [3.63, 3.8) is 0 Å². The van der Waals surface area contributed by atoms with Crippen molar-refractivity contribution in [1.29, 1.82) is 0 Å². The number of carbonyl (C=O) groups excluding carboxylic acids is 2. The highest BCUT2D eigenvalue weighted by molar-refractivity contribution is 5.77. The summed E-state index contributed by atoms with van der Waals surface area (Å²) in [5.41, 5.74) is 1.08. The Kier molecular flexibility index (Phi) is 5.81. The molecule has 1 fully saturated rings. The lowest BCUT2D eigenvalue weighted by Crippen LogP contribution is -2.53. The maximum atomic E-state index is 12.1. The molecule has 2 rings (SSSR count). The molecule has 0 radical (unpaired) electrons. The lowest BCUT2D eigenvalue weighted by molar-refractivity contribution is -0.133. The van der Waals surface area contributed by atoms with Crippen LogP contribution in [0.5, 0.6) is 0 Å². The zero-order chi connectivity index (χ0) is 15.9. The molecule has 1 aromatic carbocycles. The number of carbonyl (C=O) groups is 2. The lowest BCUT2D eigenvalue weighted by Gasteiger charge is -2.35. The highest BCUT2D eigenvalue weighted by atomic mass is 16.2. The molecule has 3 amide bonds. The summed E-state index contributed by atoms with van der Waals surface area (Å²) >= 11 is 0. The van der Waals surface area contributed by atoms with Crippen molar-refractivity contribution in [3.8, 4) is 0 Å². The Balaban J connectivity index is 1.74. The third-order valence-electron chi connectivity index (χ3n) is 3.79. The second kappa shape index (κ2) is 7.82. The van der Waals surface area contributed by atoms with Crippen LogP contribution < -0.4 is 5.32 Å². The molecule has 1 saturated heterocycles. The first kappa shape index (κ1) is 16.3. The van der Waals surface area contributed by atoms with Crippen LogP contribution in [-0.2, 0) is 11.3 Å². The van der Waals surface area contributed by atoms with Crippen LogP contribution in [0.25, 0.3) is 0 Å². The van der Waals surface area contributed by atoms with Crippen molar-refractivity contribution in [2.45, 2.75) is 26.8 Å². The van der Waals surface area contributed by atoms with Gasteiger partial charge in [0.05, 0.1) is 0 Å². The fourth-order valence-corrected chi connectivity index (χ4v) is 2.52. The van der Waals surface area contributed by atoms with E-state index < -0.39 is 0 Å². The van der Waals surface area contributed by atoms with Gasteiger partial charge in [-0.05, 0) is 11.5 Å². The molecular weight excluding hydrogens is 278 g/mol. The Morgan fingerprint density at radius 3 is 2.23 bits per heavy atom. The lowest BCUT2D eigenvalue weighted by atomic mass is 10.1. The Labute approximate surface area is 132 Å². The van der Waals surface area contributed by atoms with Gasteiger partial charge in [-0.1, -0.05) is 44.2 Å². The SMILES string of the molecule is CC(C)CC(=O)N1CCN(C(=O)NCc2ccccc2)CC1. The van der Waals surface area contributed by atoms with Crippen molar-refractivity contribution >= 4 is 11.9 Å². The first-order valence-electron chi connectivity index (χ1n) is 7.90. The van der Waals surface area contributed by atoms with Gasteiger partial charge in [0, 0.05) is 39.1 Å². The molecule has 0 saturated carbocycles. The normalized spacial score (nSPS) is 15.0. The van der Waals surface area contributed by atoms with Gasteiger partial charge in [0.2, 0.25) is 5.91 Å². The van der Waals surface area contributed by atoms with E-state index in [1.807, 2.05) is 49.1 Å². The first-order valence-corrected chi connectivity index (χ1v) is 7.90. The van der Waals surface area contributed by atoms with E-state index in [9.17, 15) is 9.59 Å². The molecule has 0 unspecified atom stereocenters. The molecule has 1 heterocycles. The van der Waals surface area contributed by atoms with Gasteiger partial charge >= 0.3 is 6.03 Å². The number of rotatable bonds is 4. The molecule has 1 aliphatic heterocycles. The van der Waals surface area contributed by atoms with E-state index in [4.69, 9.17) is 0 Å². The predicted molar refractivity (Wildman–Crippen MR) is 86.3 cm³/mol. The van der Waals surface area contributed by atoms with E-state index in [1.165, 1.54) is 0 Å². The van der Waals surface area contributed by atoms with Gasteiger partial charge in [0.1, 0.15) is 0 Å². The number of nitrogens with zero attached hydrogens (tertiary/aromatic N) is 2. The minimum absolute atomic E-state index is 0.0557. The Hall–Kier alpha value is -2.04. The molecule has 0 aliphatic carbocycles. The highest BCUT2D eigenvalue weighted by Gasteiger charge is 2.24. The van der Waals surface area contributed by atoms with Crippen LogP contribution in [0, 0.1) is 5.92 Å². The molecular formula is C17H25N3O2. The van der Waals surface area contributed by atoms with E-state index in [0.717, 1.165) is 5.56 Å². The van der Waals surface area contributed by atoms with Crippen molar-refractivity contribution in [2.24, 2.45) is 5.92 Å². The monoisotopic (exact) mass is 303 g/mol. The van der Waals surface area contributed by atoms with Crippen LogP contribution in [-0.4, -0.2) is 47.9 Å². The number of benzene rings is 1. The van der Waals surface area contributed by atoms with Gasteiger partial charge in [0.25, 0.3) is 0 Å². The van der Waals surface area contributed by atoms with Crippen molar-refractivity contribution < 1.29 is 9.59 Å². The molecule has 22 heavy (non-hydrogen) atoms. The van der Waals surface area contributed by atoms with Gasteiger partial charge in [-0.2, -0.15) is 0 Å².